The first-order valence-electron chi connectivity index (χ1n) is 6.19. The van der Waals surface area contributed by atoms with E-state index in [9.17, 15) is 15.0 Å². The first kappa shape index (κ1) is 13.5. The molecule has 4 nitrogen and oxygen atoms in total. The summed E-state index contributed by atoms with van der Waals surface area (Å²) in [6.07, 6.45) is 3.75. The van der Waals surface area contributed by atoms with Crippen molar-refractivity contribution in [2.24, 2.45) is 5.73 Å². The third-order valence-corrected chi connectivity index (χ3v) is 3.26. The Morgan fingerprint density at radius 3 is 2.58 bits per heavy atom. The minimum atomic E-state index is -1.87. The molecule has 19 heavy (non-hydrogen) atoms. The van der Waals surface area contributed by atoms with Crippen molar-refractivity contribution in [1.82, 2.24) is 0 Å². The SMILES string of the molecule is NCCC1=CC=C(O)C(O)(C(=O)c2ccccc2)C1. The summed E-state index contributed by atoms with van der Waals surface area (Å²) in [6, 6.07) is 8.47. The average Bonchev–Trinajstić information content (AvgIpc) is 2.43. The van der Waals surface area contributed by atoms with Crippen LogP contribution in [-0.4, -0.2) is 28.1 Å². The normalized spacial score (nSPS) is 22.6. The molecule has 1 aromatic rings. The lowest BCUT2D eigenvalue weighted by molar-refractivity contribution is 0.0285. The van der Waals surface area contributed by atoms with Crippen LogP contribution in [0.1, 0.15) is 23.2 Å². The van der Waals surface area contributed by atoms with Gasteiger partial charge in [0.15, 0.2) is 5.60 Å². The van der Waals surface area contributed by atoms with Gasteiger partial charge >= 0.3 is 0 Å². The number of aliphatic hydroxyl groups excluding tert-OH is 1. The molecular formula is C15H17NO3. The maximum absolute atomic E-state index is 12.4. The Bertz CT molecular complexity index is 534. The Kier molecular flexibility index (Phi) is 3.83. The maximum atomic E-state index is 12.4. The Morgan fingerprint density at radius 1 is 1.26 bits per heavy atom. The molecule has 100 valence electrons. The molecule has 0 amide bonds. The molecule has 4 N–H and O–H groups in total. The molecule has 0 aliphatic heterocycles. The van der Waals surface area contributed by atoms with Crippen molar-refractivity contribution in [1.29, 1.82) is 0 Å². The lowest BCUT2D eigenvalue weighted by Gasteiger charge is -2.29. The Morgan fingerprint density at radius 2 is 1.95 bits per heavy atom. The van der Waals surface area contributed by atoms with Crippen molar-refractivity contribution in [3.05, 3.63) is 59.4 Å². The van der Waals surface area contributed by atoms with Crippen molar-refractivity contribution in [3.8, 4) is 0 Å². The van der Waals surface area contributed by atoms with Crippen LogP contribution in [0.5, 0.6) is 0 Å². The van der Waals surface area contributed by atoms with Crippen molar-refractivity contribution < 1.29 is 15.0 Å². The molecule has 1 aliphatic carbocycles. The molecule has 1 atom stereocenters. The van der Waals surface area contributed by atoms with Crippen LogP contribution in [0.3, 0.4) is 0 Å². The molecule has 2 rings (SSSR count). The molecule has 0 saturated carbocycles. The van der Waals surface area contributed by atoms with E-state index in [4.69, 9.17) is 5.73 Å². The largest absolute Gasteiger partial charge is 0.509 e. The summed E-state index contributed by atoms with van der Waals surface area (Å²) in [5, 5.41) is 20.4. The summed E-state index contributed by atoms with van der Waals surface area (Å²) in [5.41, 5.74) is 4.83. The molecular weight excluding hydrogens is 242 g/mol. The second-order valence-corrected chi connectivity index (χ2v) is 4.65. The zero-order valence-corrected chi connectivity index (χ0v) is 10.5. The number of hydrogen-bond acceptors (Lipinski definition) is 4. The minimum absolute atomic E-state index is 0.0836. The van der Waals surface area contributed by atoms with E-state index in [2.05, 4.69) is 0 Å². The first-order valence-corrected chi connectivity index (χ1v) is 6.19. The molecule has 0 bridgehead atoms. The predicted molar refractivity (Wildman–Crippen MR) is 72.8 cm³/mol. The van der Waals surface area contributed by atoms with E-state index in [0.717, 1.165) is 5.57 Å². The van der Waals surface area contributed by atoms with E-state index in [1.54, 1.807) is 36.4 Å². The second kappa shape index (κ2) is 5.38. The Balaban J connectivity index is 2.31. The van der Waals surface area contributed by atoms with Crippen LogP contribution in [0.25, 0.3) is 0 Å². The third kappa shape index (κ3) is 2.59. The van der Waals surface area contributed by atoms with Gasteiger partial charge < -0.3 is 15.9 Å². The van der Waals surface area contributed by atoms with Gasteiger partial charge in [-0.05, 0) is 19.0 Å². The molecule has 1 unspecified atom stereocenters. The Hall–Kier alpha value is -1.91. The number of carbonyl (C=O) groups is 1. The van der Waals surface area contributed by atoms with Crippen LogP contribution >= 0.6 is 0 Å². The van der Waals surface area contributed by atoms with Gasteiger partial charge in [-0.1, -0.05) is 42.0 Å². The van der Waals surface area contributed by atoms with Crippen LogP contribution in [0.2, 0.25) is 0 Å². The average molecular weight is 259 g/mol. The fourth-order valence-corrected chi connectivity index (χ4v) is 2.19. The standard InChI is InChI=1S/C15H17NO3/c16-9-8-11-6-7-13(17)15(19,10-11)14(18)12-4-2-1-3-5-12/h1-7,17,19H,8-10,16H2. The number of allylic oxidation sites excluding steroid dienone is 2. The number of rotatable bonds is 4. The van der Waals surface area contributed by atoms with E-state index >= 15 is 0 Å². The van der Waals surface area contributed by atoms with Crippen molar-refractivity contribution >= 4 is 5.78 Å². The highest BCUT2D eigenvalue weighted by molar-refractivity contribution is 6.04. The van der Waals surface area contributed by atoms with E-state index in [-0.39, 0.29) is 12.2 Å². The molecule has 1 aliphatic rings. The topological polar surface area (TPSA) is 83.6 Å². The molecule has 0 fully saturated rings. The quantitative estimate of drug-likeness (QED) is 0.719. The smallest absolute Gasteiger partial charge is 0.202 e. The van der Waals surface area contributed by atoms with Crippen LogP contribution in [0, 0.1) is 0 Å². The summed E-state index contributed by atoms with van der Waals surface area (Å²) in [4.78, 5) is 12.4. The summed E-state index contributed by atoms with van der Waals surface area (Å²) in [7, 11) is 0. The van der Waals surface area contributed by atoms with Gasteiger partial charge in [-0.2, -0.15) is 0 Å². The highest BCUT2D eigenvalue weighted by atomic mass is 16.3. The molecule has 4 heteroatoms. The van der Waals surface area contributed by atoms with E-state index in [1.807, 2.05) is 0 Å². The van der Waals surface area contributed by atoms with Crippen LogP contribution in [0.4, 0.5) is 0 Å². The number of Topliss-reactive ketones (excluding diaryl/α,β-unsaturated/α-hetero) is 1. The van der Waals surface area contributed by atoms with Crippen molar-refractivity contribution in [2.75, 3.05) is 6.54 Å². The van der Waals surface area contributed by atoms with E-state index in [0.29, 0.717) is 18.5 Å². The lowest BCUT2D eigenvalue weighted by Crippen LogP contribution is -2.42. The molecule has 0 heterocycles. The van der Waals surface area contributed by atoms with Crippen LogP contribution in [-0.2, 0) is 0 Å². The van der Waals surface area contributed by atoms with E-state index in [1.165, 1.54) is 6.08 Å². The second-order valence-electron chi connectivity index (χ2n) is 4.65. The third-order valence-electron chi connectivity index (χ3n) is 3.26. The van der Waals surface area contributed by atoms with Gasteiger partial charge in [0.2, 0.25) is 5.78 Å². The van der Waals surface area contributed by atoms with Gasteiger partial charge in [-0.15, -0.1) is 0 Å². The van der Waals surface area contributed by atoms with Gasteiger partial charge in [0, 0.05) is 12.0 Å². The summed E-state index contributed by atoms with van der Waals surface area (Å²) in [6.45, 7) is 0.441. The highest BCUT2D eigenvalue weighted by Gasteiger charge is 2.42. The molecule has 0 radical (unpaired) electrons. The minimum Gasteiger partial charge on any atom is -0.509 e. The van der Waals surface area contributed by atoms with E-state index < -0.39 is 11.4 Å². The summed E-state index contributed by atoms with van der Waals surface area (Å²) in [5.74, 6) is -0.813. The predicted octanol–water partition coefficient (Wildman–Crippen LogP) is 1.72. The van der Waals surface area contributed by atoms with Crippen molar-refractivity contribution in [2.45, 2.75) is 18.4 Å². The van der Waals surface area contributed by atoms with Gasteiger partial charge in [0.25, 0.3) is 0 Å². The maximum Gasteiger partial charge on any atom is 0.202 e. The van der Waals surface area contributed by atoms with Crippen LogP contribution < -0.4 is 5.73 Å². The fraction of sp³-hybridized carbons (Fsp3) is 0.267. The fourth-order valence-electron chi connectivity index (χ4n) is 2.19. The molecule has 0 spiro atoms. The summed E-state index contributed by atoms with van der Waals surface area (Å²) >= 11 is 0. The first-order chi connectivity index (χ1) is 9.08. The van der Waals surface area contributed by atoms with Gasteiger partial charge in [-0.3, -0.25) is 4.79 Å². The Labute approximate surface area is 111 Å². The number of hydrogen-bond donors (Lipinski definition) is 3. The van der Waals surface area contributed by atoms with Gasteiger partial charge in [0.1, 0.15) is 5.76 Å². The number of carbonyl (C=O) groups excluding carboxylic acids is 1. The lowest BCUT2D eigenvalue weighted by atomic mass is 9.81. The van der Waals surface area contributed by atoms with Crippen LogP contribution in [0.15, 0.2) is 53.8 Å². The monoisotopic (exact) mass is 259 g/mol. The molecule has 0 aromatic heterocycles. The van der Waals surface area contributed by atoms with Gasteiger partial charge in [-0.25, -0.2) is 0 Å². The number of benzene rings is 1. The summed E-state index contributed by atoms with van der Waals surface area (Å²) < 4.78 is 0. The number of ketones is 1. The highest BCUT2D eigenvalue weighted by Crippen LogP contribution is 2.32. The zero-order chi connectivity index (χ0) is 13.9. The molecule has 1 aromatic carbocycles. The number of nitrogens with two attached hydrogens (primary N) is 1. The van der Waals surface area contributed by atoms with Crippen molar-refractivity contribution in [3.63, 3.8) is 0 Å². The van der Waals surface area contributed by atoms with Gasteiger partial charge in [0.05, 0.1) is 0 Å². The number of aliphatic hydroxyl groups is 2. The molecule has 0 saturated heterocycles. The zero-order valence-electron chi connectivity index (χ0n) is 10.5.